The van der Waals surface area contributed by atoms with Crippen LogP contribution in [0.2, 0.25) is 0 Å². The lowest BCUT2D eigenvalue weighted by atomic mass is 9.91. The van der Waals surface area contributed by atoms with Crippen LogP contribution in [0.15, 0.2) is 46.7 Å². The highest BCUT2D eigenvalue weighted by Crippen LogP contribution is 2.37. The quantitative estimate of drug-likeness (QED) is 0.578. The molecule has 1 aliphatic heterocycles. The summed E-state index contributed by atoms with van der Waals surface area (Å²) in [7, 11) is 0. The minimum absolute atomic E-state index is 0.425. The Balaban J connectivity index is 1.56. The van der Waals surface area contributed by atoms with E-state index in [-0.39, 0.29) is 0 Å². The Morgan fingerprint density at radius 2 is 2.00 bits per heavy atom. The number of hydrogen-bond donors (Lipinski definition) is 4. The molecule has 1 aromatic heterocycles. The normalized spacial score (nSPS) is 32.5. The maximum Gasteiger partial charge on any atom is 0.113 e. The zero-order chi connectivity index (χ0) is 20.5. The number of thioether (sulfide) groups is 1. The van der Waals surface area contributed by atoms with Crippen LogP contribution < -0.4 is 0 Å². The Kier molecular flexibility index (Phi) is 6.46. The SMILES string of the molecule is CC1C=CC(SCc2csc3ccc([C@@H]4O[C@H](CO)[C@@H](O)[C@H](O)[C@H]4O)cc23)=CC1. The summed E-state index contributed by atoms with van der Waals surface area (Å²) >= 11 is 3.49. The first kappa shape index (κ1) is 21.1. The van der Waals surface area contributed by atoms with Crippen molar-refractivity contribution in [1.82, 2.24) is 0 Å². The Morgan fingerprint density at radius 3 is 2.72 bits per heavy atom. The molecule has 0 radical (unpaired) electrons. The fraction of sp³-hybridized carbons (Fsp3) is 0.455. The summed E-state index contributed by atoms with van der Waals surface area (Å²) < 4.78 is 6.87. The monoisotopic (exact) mass is 434 g/mol. The van der Waals surface area contributed by atoms with Crippen molar-refractivity contribution in [3.05, 3.63) is 57.8 Å². The van der Waals surface area contributed by atoms with Crippen LogP contribution >= 0.6 is 23.1 Å². The molecule has 29 heavy (non-hydrogen) atoms. The van der Waals surface area contributed by atoms with Gasteiger partial charge < -0.3 is 25.2 Å². The zero-order valence-corrected chi connectivity index (χ0v) is 17.8. The van der Waals surface area contributed by atoms with Crippen molar-refractivity contribution in [3.63, 3.8) is 0 Å². The first-order valence-corrected chi connectivity index (χ1v) is 11.7. The van der Waals surface area contributed by atoms with E-state index >= 15 is 0 Å². The van der Waals surface area contributed by atoms with Gasteiger partial charge in [-0.15, -0.1) is 23.1 Å². The topological polar surface area (TPSA) is 90.2 Å². The van der Waals surface area contributed by atoms with E-state index in [1.165, 1.54) is 10.5 Å². The smallest absolute Gasteiger partial charge is 0.113 e. The molecule has 2 aliphatic rings. The van der Waals surface area contributed by atoms with Gasteiger partial charge in [-0.05, 0) is 46.4 Å². The summed E-state index contributed by atoms with van der Waals surface area (Å²) in [5, 5.41) is 43.2. The second-order valence-corrected chi connectivity index (χ2v) is 9.69. The maximum atomic E-state index is 10.4. The summed E-state index contributed by atoms with van der Waals surface area (Å²) in [6.45, 7) is 1.78. The average molecular weight is 435 g/mol. The number of aliphatic hydroxyl groups is 4. The second-order valence-electron chi connectivity index (χ2n) is 7.73. The molecular weight excluding hydrogens is 408 g/mol. The number of rotatable bonds is 5. The number of allylic oxidation sites excluding steroid dienone is 3. The minimum atomic E-state index is -1.37. The van der Waals surface area contributed by atoms with Gasteiger partial charge >= 0.3 is 0 Å². The third-order valence-corrected chi connectivity index (χ3v) is 7.68. The molecular formula is C22H26O5S2. The Labute approximate surface area is 178 Å². The van der Waals surface area contributed by atoms with Crippen LogP contribution in [-0.2, 0) is 10.5 Å². The first-order chi connectivity index (χ1) is 14.0. The molecule has 1 saturated heterocycles. The molecule has 2 heterocycles. The average Bonchev–Trinajstić information content (AvgIpc) is 3.14. The molecule has 1 aromatic carbocycles. The molecule has 7 heteroatoms. The van der Waals surface area contributed by atoms with E-state index in [0.717, 1.165) is 27.8 Å². The number of benzene rings is 1. The van der Waals surface area contributed by atoms with Crippen molar-refractivity contribution in [2.45, 2.75) is 49.6 Å². The van der Waals surface area contributed by atoms with E-state index in [1.807, 2.05) is 30.0 Å². The molecule has 0 spiro atoms. The predicted octanol–water partition coefficient (Wildman–Crippen LogP) is 3.13. The van der Waals surface area contributed by atoms with E-state index in [9.17, 15) is 20.4 Å². The van der Waals surface area contributed by atoms with E-state index in [1.54, 1.807) is 11.3 Å². The van der Waals surface area contributed by atoms with Crippen LogP contribution in [0.4, 0.5) is 0 Å². The fourth-order valence-corrected chi connectivity index (χ4v) is 5.74. The van der Waals surface area contributed by atoms with Crippen molar-refractivity contribution in [2.24, 2.45) is 5.92 Å². The number of aliphatic hydroxyl groups excluding tert-OH is 4. The maximum absolute atomic E-state index is 10.4. The van der Waals surface area contributed by atoms with Gasteiger partial charge in [-0.25, -0.2) is 0 Å². The molecule has 6 atom stereocenters. The summed E-state index contributed by atoms with van der Waals surface area (Å²) in [6, 6.07) is 5.85. The molecule has 1 unspecified atom stereocenters. The van der Waals surface area contributed by atoms with Crippen LogP contribution in [0.25, 0.3) is 10.1 Å². The van der Waals surface area contributed by atoms with Crippen LogP contribution in [0, 0.1) is 5.92 Å². The van der Waals surface area contributed by atoms with Crippen molar-refractivity contribution in [1.29, 1.82) is 0 Å². The van der Waals surface area contributed by atoms with Gasteiger partial charge in [0.2, 0.25) is 0 Å². The van der Waals surface area contributed by atoms with Gasteiger partial charge in [-0.2, -0.15) is 0 Å². The lowest BCUT2D eigenvalue weighted by Gasteiger charge is -2.40. The number of hydrogen-bond acceptors (Lipinski definition) is 7. The fourth-order valence-electron chi connectivity index (χ4n) is 3.74. The van der Waals surface area contributed by atoms with Crippen molar-refractivity contribution < 1.29 is 25.2 Å². The van der Waals surface area contributed by atoms with E-state index in [4.69, 9.17) is 4.74 Å². The lowest BCUT2D eigenvalue weighted by Crippen LogP contribution is -2.55. The van der Waals surface area contributed by atoms with E-state index in [0.29, 0.717) is 5.92 Å². The molecule has 0 amide bonds. The molecule has 156 valence electrons. The molecule has 4 rings (SSSR count). The largest absolute Gasteiger partial charge is 0.394 e. The highest BCUT2D eigenvalue weighted by Gasteiger charge is 2.43. The molecule has 1 fully saturated rings. The highest BCUT2D eigenvalue weighted by molar-refractivity contribution is 8.02. The van der Waals surface area contributed by atoms with Gasteiger partial charge in [0.25, 0.3) is 0 Å². The second kappa shape index (κ2) is 8.89. The molecule has 0 saturated carbocycles. The van der Waals surface area contributed by atoms with Crippen LogP contribution in [0.1, 0.15) is 30.6 Å². The standard InChI is InChI=1S/C22H26O5S2/c1-12-2-5-15(6-3-12)28-10-14-11-29-18-7-4-13(8-16(14)18)22-21(26)20(25)19(24)17(9-23)27-22/h2,4-8,11-12,17,19-26H,3,9-10H2,1H3/t12?,17-,19-,20+,21-,22+/m1/s1. The summed E-state index contributed by atoms with van der Waals surface area (Å²) in [5.41, 5.74) is 1.94. The Morgan fingerprint density at radius 1 is 1.17 bits per heavy atom. The highest BCUT2D eigenvalue weighted by atomic mass is 32.2. The lowest BCUT2D eigenvalue weighted by molar-refractivity contribution is -0.231. The summed E-state index contributed by atoms with van der Waals surface area (Å²) in [4.78, 5) is 1.28. The molecule has 1 aliphatic carbocycles. The Bertz CT molecular complexity index is 919. The van der Waals surface area contributed by atoms with Crippen molar-refractivity contribution >= 4 is 33.2 Å². The van der Waals surface area contributed by atoms with Crippen molar-refractivity contribution in [3.8, 4) is 0 Å². The van der Waals surface area contributed by atoms with E-state index < -0.39 is 37.1 Å². The van der Waals surface area contributed by atoms with Gasteiger partial charge in [-0.1, -0.05) is 31.2 Å². The first-order valence-electron chi connectivity index (χ1n) is 9.79. The number of thiophene rings is 1. The van der Waals surface area contributed by atoms with Crippen molar-refractivity contribution in [2.75, 3.05) is 6.61 Å². The number of fused-ring (bicyclic) bond motifs is 1. The third kappa shape index (κ3) is 4.32. The summed E-state index contributed by atoms with van der Waals surface area (Å²) in [5.74, 6) is 1.45. The van der Waals surface area contributed by atoms with Crippen LogP contribution in [0.5, 0.6) is 0 Å². The van der Waals surface area contributed by atoms with Crippen LogP contribution in [0.3, 0.4) is 0 Å². The molecule has 2 aromatic rings. The van der Waals surface area contributed by atoms with Crippen LogP contribution in [-0.4, -0.2) is 51.4 Å². The minimum Gasteiger partial charge on any atom is -0.394 e. The zero-order valence-electron chi connectivity index (χ0n) is 16.1. The van der Waals surface area contributed by atoms with Gasteiger partial charge in [0, 0.05) is 15.4 Å². The Hall–Kier alpha value is -1.19. The van der Waals surface area contributed by atoms with Gasteiger partial charge in [0.15, 0.2) is 0 Å². The molecule has 5 nitrogen and oxygen atoms in total. The van der Waals surface area contributed by atoms with E-state index in [2.05, 4.69) is 30.5 Å². The predicted molar refractivity (Wildman–Crippen MR) is 117 cm³/mol. The molecule has 4 N–H and O–H groups in total. The third-order valence-electron chi connectivity index (χ3n) is 5.57. The molecule has 0 bridgehead atoms. The van der Waals surface area contributed by atoms with Gasteiger partial charge in [0.05, 0.1) is 6.61 Å². The summed E-state index contributed by atoms with van der Waals surface area (Å²) in [6.07, 6.45) is 2.10. The number of ether oxygens (including phenoxy) is 1. The van der Waals surface area contributed by atoms with Gasteiger partial charge in [0.1, 0.15) is 30.5 Å². The van der Waals surface area contributed by atoms with Gasteiger partial charge in [-0.3, -0.25) is 0 Å².